The van der Waals surface area contributed by atoms with Gasteiger partial charge in [-0.05, 0) is 43.3 Å². The van der Waals surface area contributed by atoms with Gasteiger partial charge in [0, 0.05) is 30.2 Å². The maximum absolute atomic E-state index is 12.4. The van der Waals surface area contributed by atoms with Gasteiger partial charge in [0.25, 0.3) is 5.91 Å². The third-order valence-electron chi connectivity index (χ3n) is 3.85. The van der Waals surface area contributed by atoms with E-state index in [2.05, 4.69) is 10.3 Å². The smallest absolute Gasteiger partial charge is 0.255 e. The fourth-order valence-corrected chi connectivity index (χ4v) is 2.68. The Hall–Kier alpha value is -2.85. The van der Waals surface area contributed by atoms with Crippen LogP contribution < -0.4 is 10.2 Å². The van der Waals surface area contributed by atoms with Gasteiger partial charge in [0.1, 0.15) is 0 Å². The molecule has 0 fully saturated rings. The Kier molecular flexibility index (Phi) is 5.00. The Labute approximate surface area is 152 Å². The second-order valence-electron chi connectivity index (χ2n) is 5.79. The quantitative estimate of drug-likeness (QED) is 0.714. The first-order valence-electron chi connectivity index (χ1n) is 7.85. The van der Waals surface area contributed by atoms with E-state index < -0.39 is 0 Å². The highest BCUT2D eigenvalue weighted by molar-refractivity contribution is 6.30. The summed E-state index contributed by atoms with van der Waals surface area (Å²) in [6.07, 6.45) is 3.33. The van der Waals surface area contributed by atoms with Crippen molar-refractivity contribution < 1.29 is 4.79 Å². The molecule has 25 heavy (non-hydrogen) atoms. The van der Waals surface area contributed by atoms with Crippen LogP contribution in [0, 0.1) is 6.92 Å². The molecule has 0 bridgehead atoms. The zero-order valence-corrected chi connectivity index (χ0v) is 14.8. The van der Waals surface area contributed by atoms with Gasteiger partial charge in [-0.2, -0.15) is 0 Å². The van der Waals surface area contributed by atoms with Crippen LogP contribution in [0.3, 0.4) is 0 Å². The highest BCUT2D eigenvalue weighted by Crippen LogP contribution is 2.27. The van der Waals surface area contributed by atoms with E-state index in [9.17, 15) is 4.79 Å². The Morgan fingerprint density at radius 3 is 2.60 bits per heavy atom. The summed E-state index contributed by atoms with van der Waals surface area (Å²) in [6.45, 7) is 1.96. The van der Waals surface area contributed by atoms with Crippen LogP contribution in [-0.4, -0.2) is 17.9 Å². The molecule has 4 nitrogen and oxygen atoms in total. The maximum atomic E-state index is 12.4. The number of hydrogen-bond acceptors (Lipinski definition) is 3. The number of carbonyl (C=O) groups is 1. The minimum atomic E-state index is -0.132. The number of nitrogens with one attached hydrogen (secondary N) is 1. The van der Waals surface area contributed by atoms with Gasteiger partial charge in [-0.25, -0.2) is 0 Å². The minimum absolute atomic E-state index is 0.132. The fourth-order valence-electron chi connectivity index (χ4n) is 2.52. The molecule has 0 unspecified atom stereocenters. The second kappa shape index (κ2) is 7.36. The van der Waals surface area contributed by atoms with Crippen LogP contribution in [0.25, 0.3) is 0 Å². The Bertz CT molecular complexity index is 911. The molecule has 0 radical (unpaired) electrons. The Morgan fingerprint density at radius 1 is 1.04 bits per heavy atom. The lowest BCUT2D eigenvalue weighted by Crippen LogP contribution is -2.13. The lowest BCUT2D eigenvalue weighted by atomic mass is 10.1. The van der Waals surface area contributed by atoms with Crippen molar-refractivity contribution in [3.63, 3.8) is 0 Å². The first-order valence-corrected chi connectivity index (χ1v) is 8.23. The third kappa shape index (κ3) is 4.17. The second-order valence-corrected chi connectivity index (χ2v) is 6.23. The number of benzene rings is 2. The van der Waals surface area contributed by atoms with Crippen LogP contribution in [0.2, 0.25) is 5.02 Å². The number of anilines is 3. The lowest BCUT2D eigenvalue weighted by Gasteiger charge is -2.20. The molecule has 3 rings (SSSR count). The average molecular weight is 352 g/mol. The van der Waals surface area contributed by atoms with Crippen molar-refractivity contribution in [2.24, 2.45) is 0 Å². The number of halogens is 1. The predicted molar refractivity (Wildman–Crippen MR) is 103 cm³/mol. The van der Waals surface area contributed by atoms with Gasteiger partial charge in [-0.1, -0.05) is 35.4 Å². The van der Waals surface area contributed by atoms with Gasteiger partial charge in [0.05, 0.1) is 16.9 Å². The molecule has 1 N–H and O–H groups in total. The SMILES string of the molecule is Cc1cccc(C(=O)Nc2cccc(N(C)c3cncc(Cl)c3)c2)c1. The molecule has 0 aliphatic heterocycles. The number of nitrogens with zero attached hydrogens (tertiary/aromatic N) is 2. The molecule has 0 atom stereocenters. The lowest BCUT2D eigenvalue weighted by molar-refractivity contribution is 0.102. The van der Waals surface area contributed by atoms with Crippen molar-refractivity contribution in [3.05, 3.63) is 83.1 Å². The molecule has 0 saturated heterocycles. The van der Waals surface area contributed by atoms with Crippen LogP contribution in [-0.2, 0) is 0 Å². The summed E-state index contributed by atoms with van der Waals surface area (Å²) >= 11 is 6.01. The van der Waals surface area contributed by atoms with Crippen LogP contribution in [0.4, 0.5) is 17.1 Å². The van der Waals surface area contributed by atoms with Gasteiger partial charge >= 0.3 is 0 Å². The molecule has 1 amide bonds. The monoisotopic (exact) mass is 351 g/mol. The number of pyridine rings is 1. The van der Waals surface area contributed by atoms with Crippen molar-refractivity contribution in [2.45, 2.75) is 6.92 Å². The number of rotatable bonds is 4. The van der Waals surface area contributed by atoms with Gasteiger partial charge in [-0.3, -0.25) is 9.78 Å². The molecule has 0 saturated carbocycles. The van der Waals surface area contributed by atoms with Crippen molar-refractivity contribution >= 4 is 34.6 Å². The number of carbonyl (C=O) groups excluding carboxylic acids is 1. The molecule has 126 valence electrons. The van der Waals surface area contributed by atoms with Crippen molar-refractivity contribution in [1.82, 2.24) is 4.98 Å². The van der Waals surface area contributed by atoms with E-state index in [1.54, 1.807) is 18.5 Å². The van der Waals surface area contributed by atoms with Crippen molar-refractivity contribution in [2.75, 3.05) is 17.3 Å². The summed E-state index contributed by atoms with van der Waals surface area (Å²) in [5, 5.41) is 3.51. The molecule has 3 aromatic rings. The molecule has 0 aliphatic carbocycles. The van der Waals surface area contributed by atoms with Gasteiger partial charge < -0.3 is 10.2 Å². The summed E-state index contributed by atoms with van der Waals surface area (Å²) in [5.41, 5.74) is 4.21. The van der Waals surface area contributed by atoms with E-state index in [4.69, 9.17) is 11.6 Å². The fraction of sp³-hybridized carbons (Fsp3) is 0.100. The number of aromatic nitrogens is 1. The summed E-state index contributed by atoms with van der Waals surface area (Å²) in [7, 11) is 1.93. The number of amides is 1. The minimum Gasteiger partial charge on any atom is -0.343 e. The zero-order valence-electron chi connectivity index (χ0n) is 14.0. The Morgan fingerprint density at radius 2 is 1.84 bits per heavy atom. The highest BCUT2D eigenvalue weighted by atomic mass is 35.5. The summed E-state index contributed by atoms with van der Waals surface area (Å²) < 4.78 is 0. The molecular weight excluding hydrogens is 334 g/mol. The largest absolute Gasteiger partial charge is 0.343 e. The van der Waals surface area contributed by atoms with Crippen molar-refractivity contribution in [1.29, 1.82) is 0 Å². The van der Waals surface area contributed by atoms with E-state index in [0.717, 1.165) is 22.6 Å². The zero-order chi connectivity index (χ0) is 17.8. The van der Waals surface area contributed by atoms with Crippen LogP contribution in [0.1, 0.15) is 15.9 Å². The van der Waals surface area contributed by atoms with E-state index in [-0.39, 0.29) is 5.91 Å². The summed E-state index contributed by atoms with van der Waals surface area (Å²) in [6, 6.07) is 17.0. The maximum Gasteiger partial charge on any atom is 0.255 e. The first kappa shape index (κ1) is 17.0. The summed E-state index contributed by atoms with van der Waals surface area (Å²) in [5.74, 6) is -0.132. The van der Waals surface area contributed by atoms with Gasteiger partial charge in [0.2, 0.25) is 0 Å². The Balaban J connectivity index is 1.80. The van der Waals surface area contributed by atoms with E-state index >= 15 is 0 Å². The molecule has 5 heteroatoms. The number of hydrogen-bond donors (Lipinski definition) is 1. The molecular formula is C20H18ClN3O. The van der Waals surface area contributed by atoms with E-state index in [1.165, 1.54) is 0 Å². The average Bonchev–Trinajstić information content (AvgIpc) is 2.61. The third-order valence-corrected chi connectivity index (χ3v) is 4.06. The van der Waals surface area contributed by atoms with Crippen LogP contribution >= 0.6 is 11.6 Å². The van der Waals surface area contributed by atoms with E-state index in [1.807, 2.05) is 67.4 Å². The van der Waals surface area contributed by atoms with Crippen LogP contribution in [0.15, 0.2) is 67.0 Å². The van der Waals surface area contributed by atoms with Gasteiger partial charge in [-0.15, -0.1) is 0 Å². The summed E-state index contributed by atoms with van der Waals surface area (Å²) in [4.78, 5) is 18.5. The topological polar surface area (TPSA) is 45.2 Å². The van der Waals surface area contributed by atoms with Gasteiger partial charge in [0.15, 0.2) is 0 Å². The highest BCUT2D eigenvalue weighted by Gasteiger charge is 2.09. The molecule has 2 aromatic carbocycles. The van der Waals surface area contributed by atoms with Crippen LogP contribution in [0.5, 0.6) is 0 Å². The molecule has 0 aliphatic rings. The van der Waals surface area contributed by atoms with Crippen molar-refractivity contribution in [3.8, 4) is 0 Å². The molecule has 1 heterocycles. The first-order chi connectivity index (χ1) is 12.0. The molecule has 1 aromatic heterocycles. The van der Waals surface area contributed by atoms with E-state index in [0.29, 0.717) is 10.6 Å². The number of aryl methyl sites for hydroxylation is 1. The normalized spacial score (nSPS) is 10.4. The standard InChI is InChI=1S/C20H18ClN3O/c1-14-5-3-6-15(9-14)20(25)23-17-7-4-8-18(11-17)24(2)19-10-16(21)12-22-13-19/h3-13H,1-2H3,(H,23,25). The molecule has 0 spiro atoms. The predicted octanol–water partition coefficient (Wildman–Crippen LogP) is 5.06.